The third-order valence-electron chi connectivity index (χ3n) is 4.31. The van der Waals surface area contributed by atoms with Gasteiger partial charge in [-0.25, -0.2) is 0 Å². The van der Waals surface area contributed by atoms with Crippen LogP contribution < -0.4 is 5.32 Å². The minimum atomic E-state index is 0.680. The monoisotopic (exact) mass is 231 g/mol. The summed E-state index contributed by atoms with van der Waals surface area (Å²) in [5.74, 6) is 0.893. The maximum atomic E-state index is 4.45. The summed E-state index contributed by atoms with van der Waals surface area (Å²) in [6.07, 6.45) is 4.64. The molecular weight excluding hydrogens is 210 g/mol. The third kappa shape index (κ3) is 2.35. The minimum absolute atomic E-state index is 0.680. The number of nitrogens with one attached hydrogen (secondary N) is 1. The van der Waals surface area contributed by atoms with E-state index in [9.17, 15) is 0 Å². The summed E-state index contributed by atoms with van der Waals surface area (Å²) < 4.78 is 0. The summed E-state index contributed by atoms with van der Waals surface area (Å²) in [5.41, 5.74) is 2.49. The van der Waals surface area contributed by atoms with E-state index in [2.05, 4.69) is 28.2 Å². The van der Waals surface area contributed by atoms with Crippen molar-refractivity contribution in [3.63, 3.8) is 0 Å². The first kappa shape index (κ1) is 11.2. The molecule has 1 unspecified atom stereocenters. The molecule has 3 aliphatic rings. The highest BCUT2D eigenvalue weighted by Crippen LogP contribution is 2.27. The van der Waals surface area contributed by atoms with Crippen molar-refractivity contribution in [2.45, 2.75) is 32.4 Å². The highest BCUT2D eigenvalue weighted by molar-refractivity contribution is 5.17. The molecule has 1 aromatic rings. The quantitative estimate of drug-likeness (QED) is 0.856. The summed E-state index contributed by atoms with van der Waals surface area (Å²) in [6.45, 7) is 6.91. The first-order valence-electron chi connectivity index (χ1n) is 6.69. The molecule has 4 rings (SSSR count). The van der Waals surface area contributed by atoms with E-state index < -0.39 is 0 Å². The van der Waals surface area contributed by atoms with Crippen LogP contribution >= 0.6 is 0 Å². The average Bonchev–Trinajstić information content (AvgIpc) is 2.39. The standard InChI is InChI=1S/C14H21N3/c1-11-3-2-6-15-13(11)9-16-14-10-17-7-4-12(14)5-8-17/h2-3,6,12,14,16H,4-5,7-10H2,1H3. The summed E-state index contributed by atoms with van der Waals surface area (Å²) in [7, 11) is 0. The van der Waals surface area contributed by atoms with Gasteiger partial charge in [0.05, 0.1) is 5.69 Å². The largest absolute Gasteiger partial charge is 0.307 e. The number of fused-ring (bicyclic) bond motifs is 3. The van der Waals surface area contributed by atoms with Crippen LogP contribution in [0.2, 0.25) is 0 Å². The topological polar surface area (TPSA) is 28.2 Å². The molecule has 1 aromatic heterocycles. The predicted octanol–water partition coefficient (Wildman–Crippen LogP) is 1.57. The van der Waals surface area contributed by atoms with Gasteiger partial charge in [0.1, 0.15) is 0 Å². The zero-order chi connectivity index (χ0) is 11.7. The molecule has 3 aliphatic heterocycles. The van der Waals surface area contributed by atoms with Gasteiger partial charge in [-0.1, -0.05) is 6.07 Å². The van der Waals surface area contributed by atoms with Crippen LogP contribution in [-0.2, 0) is 6.54 Å². The van der Waals surface area contributed by atoms with Crippen molar-refractivity contribution in [2.75, 3.05) is 19.6 Å². The SMILES string of the molecule is Cc1cccnc1CNC1CN2CCC1CC2. The van der Waals surface area contributed by atoms with Crippen LogP contribution in [0.3, 0.4) is 0 Å². The molecule has 1 atom stereocenters. The van der Waals surface area contributed by atoms with Crippen molar-refractivity contribution < 1.29 is 0 Å². The summed E-state index contributed by atoms with van der Waals surface area (Å²) in [5, 5.41) is 3.71. The van der Waals surface area contributed by atoms with Gasteiger partial charge in [-0.05, 0) is 50.4 Å². The summed E-state index contributed by atoms with van der Waals surface area (Å²) in [6, 6.07) is 4.83. The molecule has 3 heteroatoms. The van der Waals surface area contributed by atoms with Crippen molar-refractivity contribution in [1.29, 1.82) is 0 Å². The Labute approximate surface area is 103 Å². The Balaban J connectivity index is 1.60. The Morgan fingerprint density at radius 2 is 2.24 bits per heavy atom. The number of nitrogens with zero attached hydrogens (tertiary/aromatic N) is 2. The predicted molar refractivity (Wildman–Crippen MR) is 68.8 cm³/mol. The van der Waals surface area contributed by atoms with Gasteiger partial charge < -0.3 is 10.2 Å². The number of pyridine rings is 1. The lowest BCUT2D eigenvalue weighted by atomic mass is 9.84. The third-order valence-corrected chi connectivity index (χ3v) is 4.31. The van der Waals surface area contributed by atoms with Crippen molar-refractivity contribution in [2.24, 2.45) is 5.92 Å². The van der Waals surface area contributed by atoms with Gasteiger partial charge in [-0.15, -0.1) is 0 Å². The Kier molecular flexibility index (Phi) is 3.12. The molecule has 0 radical (unpaired) electrons. The van der Waals surface area contributed by atoms with E-state index in [0.717, 1.165) is 12.5 Å². The van der Waals surface area contributed by atoms with E-state index in [1.807, 2.05) is 12.3 Å². The number of aromatic nitrogens is 1. The maximum Gasteiger partial charge on any atom is 0.0570 e. The maximum absolute atomic E-state index is 4.45. The molecule has 92 valence electrons. The molecule has 0 spiro atoms. The summed E-state index contributed by atoms with van der Waals surface area (Å²) >= 11 is 0. The molecule has 0 aromatic carbocycles. The van der Waals surface area contributed by atoms with Gasteiger partial charge in [-0.3, -0.25) is 4.98 Å². The average molecular weight is 231 g/mol. The second kappa shape index (κ2) is 4.75. The Hall–Kier alpha value is -0.930. The molecule has 1 N–H and O–H groups in total. The van der Waals surface area contributed by atoms with Crippen LogP contribution in [0.5, 0.6) is 0 Å². The van der Waals surface area contributed by atoms with Crippen molar-refractivity contribution >= 4 is 0 Å². The number of rotatable bonds is 3. The highest BCUT2D eigenvalue weighted by Gasteiger charge is 2.33. The lowest BCUT2D eigenvalue weighted by molar-refractivity contribution is 0.0718. The second-order valence-corrected chi connectivity index (χ2v) is 5.39. The highest BCUT2D eigenvalue weighted by atomic mass is 15.2. The van der Waals surface area contributed by atoms with E-state index in [0.29, 0.717) is 6.04 Å². The summed E-state index contributed by atoms with van der Waals surface area (Å²) in [4.78, 5) is 7.03. The van der Waals surface area contributed by atoms with Crippen LogP contribution in [0.15, 0.2) is 18.3 Å². The van der Waals surface area contributed by atoms with Crippen molar-refractivity contribution in [3.8, 4) is 0 Å². The minimum Gasteiger partial charge on any atom is -0.307 e. The number of hydrogen-bond acceptors (Lipinski definition) is 3. The Morgan fingerprint density at radius 1 is 1.41 bits per heavy atom. The van der Waals surface area contributed by atoms with Gasteiger partial charge in [0.15, 0.2) is 0 Å². The van der Waals surface area contributed by atoms with Gasteiger partial charge >= 0.3 is 0 Å². The number of aryl methyl sites for hydroxylation is 1. The van der Waals surface area contributed by atoms with Gasteiger partial charge in [-0.2, -0.15) is 0 Å². The molecule has 2 bridgehead atoms. The van der Waals surface area contributed by atoms with Gasteiger partial charge in [0.2, 0.25) is 0 Å². The van der Waals surface area contributed by atoms with E-state index in [4.69, 9.17) is 0 Å². The Morgan fingerprint density at radius 3 is 2.88 bits per heavy atom. The zero-order valence-electron chi connectivity index (χ0n) is 10.5. The molecular formula is C14H21N3. The molecule has 0 amide bonds. The van der Waals surface area contributed by atoms with Crippen molar-refractivity contribution in [1.82, 2.24) is 15.2 Å². The van der Waals surface area contributed by atoms with Crippen LogP contribution in [-0.4, -0.2) is 35.6 Å². The van der Waals surface area contributed by atoms with E-state index in [1.165, 1.54) is 43.7 Å². The van der Waals surface area contributed by atoms with E-state index in [1.54, 1.807) is 0 Å². The van der Waals surface area contributed by atoms with E-state index in [-0.39, 0.29) is 0 Å². The first-order valence-corrected chi connectivity index (χ1v) is 6.69. The normalized spacial score (nSPS) is 31.7. The smallest absolute Gasteiger partial charge is 0.0570 e. The molecule has 0 aliphatic carbocycles. The van der Waals surface area contributed by atoms with Crippen molar-refractivity contribution in [3.05, 3.63) is 29.6 Å². The molecule has 3 fully saturated rings. The van der Waals surface area contributed by atoms with E-state index >= 15 is 0 Å². The fourth-order valence-electron chi connectivity index (χ4n) is 3.13. The van der Waals surface area contributed by atoms with Gasteiger partial charge in [0.25, 0.3) is 0 Å². The molecule has 3 nitrogen and oxygen atoms in total. The molecule has 0 saturated carbocycles. The Bertz CT molecular complexity index is 383. The van der Waals surface area contributed by atoms with Crippen LogP contribution in [0.1, 0.15) is 24.1 Å². The molecule has 4 heterocycles. The number of hydrogen-bond donors (Lipinski definition) is 1. The molecule has 17 heavy (non-hydrogen) atoms. The zero-order valence-corrected chi connectivity index (χ0v) is 10.5. The van der Waals surface area contributed by atoms with Crippen LogP contribution in [0.25, 0.3) is 0 Å². The number of piperidine rings is 3. The first-order chi connectivity index (χ1) is 8.33. The second-order valence-electron chi connectivity index (χ2n) is 5.39. The van der Waals surface area contributed by atoms with Gasteiger partial charge in [0, 0.05) is 25.3 Å². The lowest BCUT2D eigenvalue weighted by Crippen LogP contribution is -2.55. The lowest BCUT2D eigenvalue weighted by Gasteiger charge is -2.45. The van der Waals surface area contributed by atoms with Crippen LogP contribution in [0.4, 0.5) is 0 Å². The van der Waals surface area contributed by atoms with Crippen LogP contribution in [0, 0.1) is 12.8 Å². The fraction of sp³-hybridized carbons (Fsp3) is 0.643. The molecule has 3 saturated heterocycles. The fourth-order valence-corrected chi connectivity index (χ4v) is 3.13.